The van der Waals surface area contributed by atoms with Crippen LogP contribution in [0.25, 0.3) is 10.8 Å². The molecule has 5 N–H and O–H groups in total. The minimum absolute atomic E-state index is 0.0283. The topological polar surface area (TPSA) is 163 Å². The second kappa shape index (κ2) is 14.9. The van der Waals surface area contributed by atoms with E-state index in [9.17, 15) is 24.0 Å². The lowest BCUT2D eigenvalue weighted by Gasteiger charge is -2.19. The predicted molar refractivity (Wildman–Crippen MR) is 149 cm³/mol. The Bertz CT molecular complexity index is 1360. The molecular formula is C29H32N4O7. The van der Waals surface area contributed by atoms with E-state index in [0.29, 0.717) is 11.4 Å². The molecule has 0 bridgehead atoms. The average molecular weight is 549 g/mol. The second-order valence-electron chi connectivity index (χ2n) is 9.00. The smallest absolute Gasteiger partial charge is 0.303 e. The molecule has 40 heavy (non-hydrogen) atoms. The third kappa shape index (κ3) is 9.43. The van der Waals surface area contributed by atoms with Gasteiger partial charge in [0.05, 0.1) is 20.2 Å². The highest BCUT2D eigenvalue weighted by molar-refractivity contribution is 6.01. The van der Waals surface area contributed by atoms with Gasteiger partial charge in [-0.05, 0) is 23.4 Å². The first-order valence-corrected chi connectivity index (χ1v) is 12.7. The summed E-state index contributed by atoms with van der Waals surface area (Å²) in [5, 5.41) is 20.7. The fourth-order valence-corrected chi connectivity index (χ4v) is 3.96. The van der Waals surface area contributed by atoms with E-state index in [2.05, 4.69) is 21.3 Å². The Balaban J connectivity index is 1.60. The maximum absolute atomic E-state index is 13.3. The summed E-state index contributed by atoms with van der Waals surface area (Å²) in [4.78, 5) is 60.2. The van der Waals surface area contributed by atoms with E-state index < -0.39 is 42.2 Å². The average Bonchev–Trinajstić information content (AvgIpc) is 2.94. The molecule has 0 saturated carbocycles. The summed E-state index contributed by atoms with van der Waals surface area (Å²) in [5.41, 5.74) is 1.33. The Hall–Kier alpha value is -4.93. The maximum Gasteiger partial charge on any atom is 0.303 e. The van der Waals surface area contributed by atoms with Crippen LogP contribution in [0.3, 0.4) is 0 Å². The highest BCUT2D eigenvalue weighted by Gasteiger charge is 2.22. The molecule has 3 aromatic rings. The van der Waals surface area contributed by atoms with Crippen molar-refractivity contribution in [3.8, 4) is 5.75 Å². The van der Waals surface area contributed by atoms with Gasteiger partial charge < -0.3 is 31.1 Å². The number of anilines is 1. The number of methoxy groups -OCH3 is 1. The molecule has 11 nitrogen and oxygen atoms in total. The molecule has 0 unspecified atom stereocenters. The number of carboxylic acid groups (broad SMARTS) is 1. The van der Waals surface area contributed by atoms with Crippen LogP contribution in [0.4, 0.5) is 5.69 Å². The molecule has 11 heteroatoms. The molecule has 0 spiro atoms. The van der Waals surface area contributed by atoms with Crippen LogP contribution < -0.4 is 26.0 Å². The van der Waals surface area contributed by atoms with Crippen molar-refractivity contribution >= 4 is 46.1 Å². The van der Waals surface area contributed by atoms with Gasteiger partial charge in [-0.15, -0.1) is 0 Å². The van der Waals surface area contributed by atoms with Crippen LogP contribution in [0.5, 0.6) is 5.75 Å². The molecule has 0 heterocycles. The molecule has 0 radical (unpaired) electrons. The first-order valence-electron chi connectivity index (χ1n) is 12.7. The van der Waals surface area contributed by atoms with Gasteiger partial charge in [-0.3, -0.25) is 24.0 Å². The van der Waals surface area contributed by atoms with Crippen molar-refractivity contribution in [3.05, 3.63) is 72.3 Å². The van der Waals surface area contributed by atoms with Gasteiger partial charge in [-0.2, -0.15) is 0 Å². The van der Waals surface area contributed by atoms with Crippen molar-refractivity contribution in [1.82, 2.24) is 16.0 Å². The summed E-state index contributed by atoms with van der Waals surface area (Å²) in [6, 6.07) is 19.3. The Kier molecular flexibility index (Phi) is 11.0. The number of hydrogen-bond donors (Lipinski definition) is 5. The number of amides is 4. The number of hydrogen-bond acceptors (Lipinski definition) is 6. The molecular weight excluding hydrogens is 516 g/mol. The van der Waals surface area contributed by atoms with Crippen molar-refractivity contribution in [2.45, 2.75) is 31.7 Å². The van der Waals surface area contributed by atoms with E-state index >= 15 is 0 Å². The summed E-state index contributed by atoms with van der Waals surface area (Å²) >= 11 is 0. The van der Waals surface area contributed by atoms with E-state index in [-0.39, 0.29) is 32.2 Å². The number of carbonyl (C=O) groups excluding carboxylic acids is 4. The summed E-state index contributed by atoms with van der Waals surface area (Å²) < 4.78 is 5.48. The van der Waals surface area contributed by atoms with Crippen molar-refractivity contribution in [2.75, 3.05) is 25.5 Å². The number of carboxylic acids is 1. The fourth-order valence-electron chi connectivity index (χ4n) is 3.96. The number of rotatable bonds is 14. The maximum atomic E-state index is 13.3. The quantitative estimate of drug-likeness (QED) is 0.206. The minimum Gasteiger partial charge on any atom is -0.496 e. The lowest BCUT2D eigenvalue weighted by atomic mass is 10.0. The van der Waals surface area contributed by atoms with Gasteiger partial charge in [0.2, 0.25) is 23.6 Å². The Labute approximate surface area is 231 Å². The van der Waals surface area contributed by atoms with Crippen LogP contribution in [0.1, 0.15) is 24.8 Å². The number of fused-ring (bicyclic) bond motifs is 1. The SMILES string of the molecule is COc1cc(NC(=O)[C@H](Cc2ccccc2)NC(=O)CNC(=O)CNC(=O)CCCC(=O)O)cc2ccccc12. The van der Waals surface area contributed by atoms with Gasteiger partial charge in [-0.1, -0.05) is 54.6 Å². The summed E-state index contributed by atoms with van der Waals surface area (Å²) in [6.45, 7) is -0.771. The molecule has 210 valence electrons. The third-order valence-electron chi connectivity index (χ3n) is 5.93. The molecule has 0 aliphatic heterocycles. The molecule has 3 rings (SSSR count). The van der Waals surface area contributed by atoms with Gasteiger partial charge in [-0.25, -0.2) is 0 Å². The zero-order valence-corrected chi connectivity index (χ0v) is 22.1. The normalized spacial score (nSPS) is 11.2. The minimum atomic E-state index is -1.01. The number of carbonyl (C=O) groups is 5. The standard InChI is InChI=1S/C29H32N4O7/c1-40-24-16-21(15-20-10-5-6-11-22(20)24)32-29(39)23(14-19-8-3-2-4-9-19)33-27(36)18-31-26(35)17-30-25(34)12-7-13-28(37)38/h2-6,8-11,15-16,23H,7,12-14,17-18H2,1H3,(H,30,34)(H,31,35)(H,32,39)(H,33,36)(H,37,38)/t23-/m0/s1. The molecule has 0 aromatic heterocycles. The number of benzene rings is 3. The van der Waals surface area contributed by atoms with Gasteiger partial charge in [0.25, 0.3) is 0 Å². The number of aliphatic carboxylic acids is 1. The van der Waals surface area contributed by atoms with Crippen LogP contribution in [0.2, 0.25) is 0 Å². The molecule has 1 atom stereocenters. The monoisotopic (exact) mass is 548 g/mol. The molecule has 0 aliphatic rings. The lowest BCUT2D eigenvalue weighted by Crippen LogP contribution is -2.49. The molecule has 3 aromatic carbocycles. The first-order chi connectivity index (χ1) is 19.2. The van der Waals surface area contributed by atoms with Crippen molar-refractivity contribution in [3.63, 3.8) is 0 Å². The summed E-state index contributed by atoms with van der Waals surface area (Å²) in [5.74, 6) is -2.52. The van der Waals surface area contributed by atoms with E-state index in [0.717, 1.165) is 16.3 Å². The van der Waals surface area contributed by atoms with Crippen molar-refractivity contribution < 1.29 is 33.8 Å². The molecule has 0 saturated heterocycles. The number of nitrogens with one attached hydrogen (secondary N) is 4. The van der Waals surface area contributed by atoms with Crippen LogP contribution in [0.15, 0.2) is 66.7 Å². The van der Waals surface area contributed by atoms with Crippen LogP contribution in [-0.2, 0) is 30.4 Å². The van der Waals surface area contributed by atoms with Gasteiger partial charge >= 0.3 is 5.97 Å². The molecule has 4 amide bonds. The molecule has 0 aliphatic carbocycles. The Morgan fingerprint density at radius 3 is 2.23 bits per heavy atom. The second-order valence-corrected chi connectivity index (χ2v) is 9.00. The van der Waals surface area contributed by atoms with Crippen LogP contribution in [-0.4, -0.2) is 60.9 Å². The summed E-state index contributed by atoms with van der Waals surface area (Å²) in [7, 11) is 1.55. The summed E-state index contributed by atoms with van der Waals surface area (Å²) in [6.07, 6.45) is 0.191. The van der Waals surface area contributed by atoms with Crippen molar-refractivity contribution in [1.29, 1.82) is 0 Å². The third-order valence-corrected chi connectivity index (χ3v) is 5.93. The predicted octanol–water partition coefficient (Wildman–Crippen LogP) is 2.00. The van der Waals surface area contributed by atoms with Gasteiger partial charge in [0.1, 0.15) is 11.8 Å². The van der Waals surface area contributed by atoms with Crippen LogP contribution in [0, 0.1) is 0 Å². The van der Waals surface area contributed by atoms with E-state index in [1.54, 1.807) is 13.2 Å². The zero-order chi connectivity index (χ0) is 28.9. The van der Waals surface area contributed by atoms with E-state index in [1.807, 2.05) is 60.7 Å². The highest BCUT2D eigenvalue weighted by atomic mass is 16.5. The number of ether oxygens (including phenoxy) is 1. The van der Waals surface area contributed by atoms with Crippen molar-refractivity contribution in [2.24, 2.45) is 0 Å². The van der Waals surface area contributed by atoms with E-state index in [4.69, 9.17) is 9.84 Å². The van der Waals surface area contributed by atoms with E-state index in [1.165, 1.54) is 0 Å². The molecule has 0 fully saturated rings. The Morgan fingerprint density at radius 1 is 0.825 bits per heavy atom. The zero-order valence-electron chi connectivity index (χ0n) is 22.1. The lowest BCUT2D eigenvalue weighted by molar-refractivity contribution is -0.137. The van der Waals surface area contributed by atoms with Crippen LogP contribution >= 0.6 is 0 Å². The highest BCUT2D eigenvalue weighted by Crippen LogP contribution is 2.29. The van der Waals surface area contributed by atoms with Gasteiger partial charge in [0, 0.05) is 36.4 Å². The fraction of sp³-hybridized carbons (Fsp3) is 0.276. The van der Waals surface area contributed by atoms with Gasteiger partial charge in [0.15, 0.2) is 0 Å². The first kappa shape index (κ1) is 29.6. The Morgan fingerprint density at radius 2 is 1.50 bits per heavy atom. The largest absolute Gasteiger partial charge is 0.496 e.